The van der Waals surface area contributed by atoms with Crippen molar-refractivity contribution in [1.82, 2.24) is 0 Å². The second-order valence-electron chi connectivity index (χ2n) is 6.96. The molecular formula is C19H20O4. The SMILES string of the molecule is Cc1cc(C)c(C2=C(O)[C@H]3[C@@H](C2=O)[C@@H]2C=C[C@@]3(CO)O2)c(C)c1. The van der Waals surface area contributed by atoms with Gasteiger partial charge in [0.2, 0.25) is 0 Å². The van der Waals surface area contributed by atoms with Crippen LogP contribution in [-0.2, 0) is 9.53 Å². The minimum Gasteiger partial charge on any atom is -0.511 e. The molecule has 4 rings (SSSR count). The standard InChI is InChI=1S/C19H20O4/c1-9-6-10(2)13(11(3)7-9)15-17(21)14-12-4-5-19(8-20,23-12)16(14)18(15)22/h4-7,12,14,16,20,22H,8H2,1-3H3/t12-,14-,16+,19-/m0/s1. The van der Waals surface area contributed by atoms with Gasteiger partial charge in [-0.2, -0.15) is 0 Å². The molecule has 1 aromatic carbocycles. The van der Waals surface area contributed by atoms with E-state index < -0.39 is 17.4 Å². The van der Waals surface area contributed by atoms with Crippen LogP contribution in [0.25, 0.3) is 5.57 Å². The lowest BCUT2D eigenvalue weighted by atomic mass is 9.77. The third-order valence-electron chi connectivity index (χ3n) is 5.44. The van der Waals surface area contributed by atoms with Crippen LogP contribution in [0.1, 0.15) is 22.3 Å². The van der Waals surface area contributed by atoms with Crippen molar-refractivity contribution < 1.29 is 19.7 Å². The molecular weight excluding hydrogens is 292 g/mol. The molecule has 2 aliphatic heterocycles. The first-order valence-corrected chi connectivity index (χ1v) is 7.93. The van der Waals surface area contributed by atoms with Crippen LogP contribution in [0.15, 0.2) is 30.0 Å². The van der Waals surface area contributed by atoms with Crippen LogP contribution in [0.5, 0.6) is 0 Å². The van der Waals surface area contributed by atoms with E-state index in [2.05, 4.69) is 0 Å². The molecule has 0 amide bonds. The lowest BCUT2D eigenvalue weighted by molar-refractivity contribution is -0.118. The smallest absolute Gasteiger partial charge is 0.173 e. The number of carbonyl (C=O) groups is 1. The highest BCUT2D eigenvalue weighted by molar-refractivity contribution is 6.26. The second-order valence-corrected chi connectivity index (χ2v) is 6.96. The summed E-state index contributed by atoms with van der Waals surface area (Å²) in [5, 5.41) is 20.6. The number of fused-ring (bicyclic) bond motifs is 5. The highest BCUT2D eigenvalue weighted by Gasteiger charge is 2.64. The molecule has 1 aliphatic carbocycles. The lowest BCUT2D eigenvalue weighted by Gasteiger charge is -2.27. The van der Waals surface area contributed by atoms with Crippen molar-refractivity contribution in [1.29, 1.82) is 0 Å². The Morgan fingerprint density at radius 3 is 2.48 bits per heavy atom. The monoisotopic (exact) mass is 312 g/mol. The van der Waals surface area contributed by atoms with Gasteiger partial charge in [-0.3, -0.25) is 4.79 Å². The predicted octanol–water partition coefficient (Wildman–Crippen LogP) is 2.40. The van der Waals surface area contributed by atoms with Crippen LogP contribution in [0.2, 0.25) is 0 Å². The Morgan fingerprint density at radius 2 is 1.87 bits per heavy atom. The van der Waals surface area contributed by atoms with Crippen LogP contribution >= 0.6 is 0 Å². The highest BCUT2D eigenvalue weighted by Crippen LogP contribution is 2.56. The van der Waals surface area contributed by atoms with Gasteiger partial charge in [-0.15, -0.1) is 0 Å². The molecule has 0 saturated carbocycles. The van der Waals surface area contributed by atoms with Gasteiger partial charge < -0.3 is 14.9 Å². The zero-order valence-electron chi connectivity index (χ0n) is 13.5. The predicted molar refractivity (Wildman–Crippen MR) is 86.0 cm³/mol. The molecule has 3 aliphatic rings. The molecule has 2 bridgehead atoms. The van der Waals surface area contributed by atoms with Gasteiger partial charge in [0, 0.05) is 0 Å². The van der Waals surface area contributed by atoms with E-state index in [1.54, 1.807) is 6.08 Å². The molecule has 0 radical (unpaired) electrons. The van der Waals surface area contributed by atoms with E-state index in [4.69, 9.17) is 4.74 Å². The van der Waals surface area contributed by atoms with Crippen molar-refractivity contribution in [2.45, 2.75) is 32.5 Å². The minimum absolute atomic E-state index is 0.0657. The summed E-state index contributed by atoms with van der Waals surface area (Å²) >= 11 is 0. The number of benzene rings is 1. The van der Waals surface area contributed by atoms with E-state index in [1.807, 2.05) is 39.0 Å². The van der Waals surface area contributed by atoms with E-state index in [0.717, 1.165) is 22.3 Å². The Kier molecular flexibility index (Phi) is 2.91. The summed E-state index contributed by atoms with van der Waals surface area (Å²) in [6.45, 7) is 5.70. The van der Waals surface area contributed by atoms with Crippen molar-refractivity contribution in [3.05, 3.63) is 52.3 Å². The minimum atomic E-state index is -0.955. The average molecular weight is 312 g/mol. The summed E-state index contributed by atoms with van der Waals surface area (Å²) in [5.41, 5.74) is 3.37. The Morgan fingerprint density at radius 1 is 1.22 bits per heavy atom. The number of aliphatic hydroxyl groups is 2. The van der Waals surface area contributed by atoms with Crippen molar-refractivity contribution in [3.8, 4) is 0 Å². The van der Waals surface area contributed by atoms with Gasteiger partial charge >= 0.3 is 0 Å². The lowest BCUT2D eigenvalue weighted by Crippen LogP contribution is -2.39. The molecule has 1 aromatic rings. The fourth-order valence-electron chi connectivity index (χ4n) is 4.62. The normalized spacial score (nSPS) is 34.6. The van der Waals surface area contributed by atoms with Gasteiger partial charge in [0.25, 0.3) is 0 Å². The van der Waals surface area contributed by atoms with Gasteiger partial charge in [-0.25, -0.2) is 0 Å². The molecule has 120 valence electrons. The summed E-state index contributed by atoms with van der Waals surface area (Å²) in [4.78, 5) is 13.0. The largest absolute Gasteiger partial charge is 0.511 e. The van der Waals surface area contributed by atoms with E-state index in [9.17, 15) is 15.0 Å². The number of Topliss-reactive ketones (excluding diaryl/α,β-unsaturated/α-hetero) is 1. The zero-order valence-corrected chi connectivity index (χ0v) is 13.5. The number of rotatable bonds is 2. The number of aryl methyl sites for hydroxylation is 3. The van der Waals surface area contributed by atoms with Crippen molar-refractivity contribution >= 4 is 11.4 Å². The quantitative estimate of drug-likeness (QED) is 0.823. The Labute approximate surface area is 135 Å². The van der Waals surface area contributed by atoms with Gasteiger partial charge in [-0.05, 0) is 37.5 Å². The third-order valence-corrected chi connectivity index (χ3v) is 5.44. The first kappa shape index (κ1) is 14.7. The van der Waals surface area contributed by atoms with E-state index in [1.165, 1.54) is 0 Å². The Hall–Kier alpha value is -1.91. The van der Waals surface area contributed by atoms with Gasteiger partial charge in [0.05, 0.1) is 30.1 Å². The van der Waals surface area contributed by atoms with Crippen molar-refractivity contribution in [3.63, 3.8) is 0 Å². The molecule has 0 unspecified atom stereocenters. The fourth-order valence-corrected chi connectivity index (χ4v) is 4.62. The molecule has 1 saturated heterocycles. The molecule has 4 heteroatoms. The van der Waals surface area contributed by atoms with Gasteiger partial charge in [-0.1, -0.05) is 29.8 Å². The van der Waals surface area contributed by atoms with E-state index >= 15 is 0 Å². The van der Waals surface area contributed by atoms with Crippen molar-refractivity contribution in [2.24, 2.45) is 11.8 Å². The van der Waals surface area contributed by atoms with Crippen LogP contribution in [0.3, 0.4) is 0 Å². The van der Waals surface area contributed by atoms with Gasteiger partial charge in [0.1, 0.15) is 11.4 Å². The maximum Gasteiger partial charge on any atom is 0.173 e. The Bertz CT molecular complexity index is 766. The summed E-state index contributed by atoms with van der Waals surface area (Å²) in [6, 6.07) is 4.05. The Balaban J connectivity index is 1.91. The van der Waals surface area contributed by atoms with Crippen LogP contribution in [-0.4, -0.2) is 34.3 Å². The topological polar surface area (TPSA) is 66.8 Å². The third kappa shape index (κ3) is 1.71. The van der Waals surface area contributed by atoms with Gasteiger partial charge in [0.15, 0.2) is 5.78 Å². The van der Waals surface area contributed by atoms with Crippen LogP contribution in [0, 0.1) is 32.6 Å². The average Bonchev–Trinajstić information content (AvgIpc) is 3.12. The number of hydrogen-bond acceptors (Lipinski definition) is 4. The molecule has 23 heavy (non-hydrogen) atoms. The number of ether oxygens (including phenoxy) is 1. The number of carbonyl (C=O) groups excluding carboxylic acids is 1. The first-order chi connectivity index (χ1) is 10.9. The number of aliphatic hydroxyl groups excluding tert-OH is 2. The summed E-state index contributed by atoms with van der Waals surface area (Å²) in [7, 11) is 0. The second kappa shape index (κ2) is 4.56. The van der Waals surface area contributed by atoms with E-state index in [0.29, 0.717) is 5.57 Å². The number of ketones is 1. The van der Waals surface area contributed by atoms with Crippen LogP contribution in [0.4, 0.5) is 0 Å². The fraction of sp³-hybridized carbons (Fsp3) is 0.421. The summed E-state index contributed by atoms with van der Waals surface area (Å²) < 4.78 is 5.80. The molecule has 2 heterocycles. The van der Waals surface area contributed by atoms with Crippen LogP contribution < -0.4 is 0 Å². The molecule has 0 spiro atoms. The first-order valence-electron chi connectivity index (χ1n) is 7.93. The van der Waals surface area contributed by atoms with E-state index in [-0.39, 0.29) is 24.3 Å². The number of allylic oxidation sites excluding steroid dienone is 1. The zero-order chi connectivity index (χ0) is 16.5. The molecule has 4 atom stereocenters. The maximum absolute atomic E-state index is 13.0. The molecule has 1 fully saturated rings. The summed E-state index contributed by atoms with van der Waals surface area (Å²) in [6.07, 6.45) is 3.27. The molecule has 2 N–H and O–H groups in total. The molecule has 0 aromatic heterocycles. The highest BCUT2D eigenvalue weighted by atomic mass is 16.5. The van der Waals surface area contributed by atoms with Crippen molar-refractivity contribution in [2.75, 3.05) is 6.61 Å². The number of hydrogen-bond donors (Lipinski definition) is 2. The summed E-state index contributed by atoms with van der Waals surface area (Å²) in [5.74, 6) is -0.921. The molecule has 4 nitrogen and oxygen atoms in total. The maximum atomic E-state index is 13.0.